The molecule has 0 unspecified atom stereocenters. The van der Waals surface area contributed by atoms with Crippen molar-refractivity contribution in [2.45, 2.75) is 31.8 Å². The summed E-state index contributed by atoms with van der Waals surface area (Å²) in [6, 6.07) is 18.1. The van der Waals surface area contributed by atoms with Gasteiger partial charge in [0.15, 0.2) is 0 Å². The molecule has 1 aromatic heterocycles. The second-order valence-corrected chi connectivity index (χ2v) is 8.93. The fraction of sp³-hybridized carbons (Fsp3) is 0.348. The molecule has 0 spiro atoms. The molecule has 148 valence electrons. The minimum atomic E-state index is -0.249. The Kier molecular flexibility index (Phi) is 4.79. The van der Waals surface area contributed by atoms with Crippen molar-refractivity contribution in [3.63, 3.8) is 0 Å². The van der Waals surface area contributed by atoms with E-state index >= 15 is 0 Å². The maximum Gasteiger partial charge on any atom is 0.228 e. The van der Waals surface area contributed by atoms with Gasteiger partial charge in [0, 0.05) is 26.1 Å². The quantitative estimate of drug-likeness (QED) is 0.659. The first-order valence-corrected chi connectivity index (χ1v) is 11.0. The van der Waals surface area contributed by atoms with Crippen LogP contribution in [0.3, 0.4) is 0 Å². The number of likely N-dealkylation sites (tertiary alicyclic amines) is 2. The van der Waals surface area contributed by atoms with E-state index < -0.39 is 0 Å². The van der Waals surface area contributed by atoms with Crippen LogP contribution in [-0.4, -0.2) is 39.7 Å². The highest BCUT2D eigenvalue weighted by Crippen LogP contribution is 2.38. The molecule has 2 aliphatic rings. The Labute approximate surface area is 174 Å². The number of amides is 2. The second kappa shape index (κ2) is 7.59. The molecule has 0 radical (unpaired) electrons. The summed E-state index contributed by atoms with van der Waals surface area (Å²) in [5.74, 6) is -0.0696. The Balaban J connectivity index is 1.31. The molecule has 2 amide bonds. The van der Waals surface area contributed by atoms with Crippen molar-refractivity contribution in [3.05, 3.63) is 65.2 Å². The molecule has 0 aliphatic carbocycles. The van der Waals surface area contributed by atoms with E-state index in [2.05, 4.69) is 6.07 Å². The van der Waals surface area contributed by atoms with E-state index in [4.69, 9.17) is 4.98 Å². The first-order chi connectivity index (χ1) is 14.2. The summed E-state index contributed by atoms with van der Waals surface area (Å²) in [6.45, 7) is 1.84. The average molecular weight is 406 g/mol. The number of fused-ring (bicyclic) bond motifs is 1. The Bertz CT molecular complexity index is 1020. The van der Waals surface area contributed by atoms with Crippen molar-refractivity contribution in [1.29, 1.82) is 0 Å². The molecule has 5 nitrogen and oxygen atoms in total. The number of benzene rings is 2. The van der Waals surface area contributed by atoms with Crippen molar-refractivity contribution in [1.82, 2.24) is 14.8 Å². The summed E-state index contributed by atoms with van der Waals surface area (Å²) in [4.78, 5) is 34.4. The summed E-state index contributed by atoms with van der Waals surface area (Å²) < 4.78 is 1.16. The van der Waals surface area contributed by atoms with E-state index in [1.807, 2.05) is 58.3 Å². The highest BCUT2D eigenvalue weighted by atomic mass is 32.1. The number of hydrogen-bond acceptors (Lipinski definition) is 4. The molecule has 5 rings (SSSR count). The van der Waals surface area contributed by atoms with E-state index in [0.29, 0.717) is 19.5 Å². The SMILES string of the molecule is O=C1C[C@@H](C(=O)N2CCC[C@H]2c2nc3ccccc3s2)CN1Cc1ccccc1. The molecule has 2 fully saturated rings. The van der Waals surface area contributed by atoms with Crippen molar-refractivity contribution in [2.75, 3.05) is 13.1 Å². The van der Waals surface area contributed by atoms with Crippen LogP contribution in [0, 0.1) is 5.92 Å². The van der Waals surface area contributed by atoms with Crippen LogP contribution in [0.4, 0.5) is 0 Å². The van der Waals surface area contributed by atoms with Crippen LogP contribution in [-0.2, 0) is 16.1 Å². The van der Waals surface area contributed by atoms with Crippen molar-refractivity contribution in [3.8, 4) is 0 Å². The number of aromatic nitrogens is 1. The predicted octanol–water partition coefficient (Wildman–Crippen LogP) is 4.01. The lowest BCUT2D eigenvalue weighted by molar-refractivity contribution is -0.136. The van der Waals surface area contributed by atoms with Gasteiger partial charge in [-0.15, -0.1) is 11.3 Å². The lowest BCUT2D eigenvalue weighted by atomic mass is 10.1. The molecule has 2 saturated heterocycles. The molecule has 6 heteroatoms. The normalized spacial score (nSPS) is 22.0. The van der Waals surface area contributed by atoms with Crippen LogP contribution in [0.2, 0.25) is 0 Å². The number of thiazole rings is 1. The van der Waals surface area contributed by atoms with E-state index in [1.54, 1.807) is 11.3 Å². The zero-order valence-corrected chi connectivity index (χ0v) is 17.0. The van der Waals surface area contributed by atoms with Gasteiger partial charge in [-0.2, -0.15) is 0 Å². The molecule has 2 aromatic carbocycles. The highest BCUT2D eigenvalue weighted by molar-refractivity contribution is 7.18. The van der Waals surface area contributed by atoms with Gasteiger partial charge in [0.1, 0.15) is 5.01 Å². The van der Waals surface area contributed by atoms with E-state index in [1.165, 1.54) is 0 Å². The minimum Gasteiger partial charge on any atom is -0.338 e. The van der Waals surface area contributed by atoms with Gasteiger partial charge in [0.05, 0.1) is 22.2 Å². The molecule has 0 saturated carbocycles. The maximum absolute atomic E-state index is 13.3. The second-order valence-electron chi connectivity index (χ2n) is 7.87. The molecule has 3 heterocycles. The molecule has 2 aliphatic heterocycles. The van der Waals surface area contributed by atoms with Crippen LogP contribution in [0.5, 0.6) is 0 Å². The van der Waals surface area contributed by atoms with E-state index in [0.717, 1.165) is 40.2 Å². The lowest BCUT2D eigenvalue weighted by Gasteiger charge is -2.26. The summed E-state index contributed by atoms with van der Waals surface area (Å²) >= 11 is 1.68. The van der Waals surface area contributed by atoms with Gasteiger partial charge in [-0.1, -0.05) is 42.5 Å². The van der Waals surface area contributed by atoms with Crippen LogP contribution in [0.1, 0.15) is 35.9 Å². The van der Waals surface area contributed by atoms with Crippen LogP contribution in [0.25, 0.3) is 10.2 Å². The van der Waals surface area contributed by atoms with E-state index in [9.17, 15) is 9.59 Å². The molecule has 29 heavy (non-hydrogen) atoms. The van der Waals surface area contributed by atoms with Crippen LogP contribution in [0.15, 0.2) is 54.6 Å². The van der Waals surface area contributed by atoms with Gasteiger partial charge in [-0.05, 0) is 30.5 Å². The third-order valence-electron chi connectivity index (χ3n) is 5.91. The smallest absolute Gasteiger partial charge is 0.228 e. The zero-order valence-electron chi connectivity index (χ0n) is 16.2. The number of carbonyl (C=O) groups excluding carboxylic acids is 2. The number of carbonyl (C=O) groups is 2. The Morgan fingerprint density at radius 1 is 1.10 bits per heavy atom. The lowest BCUT2D eigenvalue weighted by Crippen LogP contribution is -2.37. The molecular formula is C23H23N3O2S. The number of nitrogens with zero attached hydrogens (tertiary/aromatic N) is 3. The number of para-hydroxylation sites is 1. The average Bonchev–Trinajstić information content (AvgIpc) is 3.46. The van der Waals surface area contributed by atoms with Gasteiger partial charge in [-0.3, -0.25) is 9.59 Å². The summed E-state index contributed by atoms with van der Waals surface area (Å²) in [5, 5.41) is 1.02. The maximum atomic E-state index is 13.3. The molecule has 0 bridgehead atoms. The van der Waals surface area contributed by atoms with E-state index in [-0.39, 0.29) is 23.8 Å². The third-order valence-corrected chi connectivity index (χ3v) is 7.05. The standard InChI is InChI=1S/C23H23N3O2S/c27-21-13-17(15-25(21)14-16-7-2-1-3-8-16)23(28)26-12-6-10-19(26)22-24-18-9-4-5-11-20(18)29-22/h1-5,7-9,11,17,19H,6,10,12-15H2/t17-,19+/m1/s1. The van der Waals surface area contributed by atoms with Gasteiger partial charge >= 0.3 is 0 Å². The van der Waals surface area contributed by atoms with Crippen LogP contribution >= 0.6 is 11.3 Å². The molecular weight excluding hydrogens is 382 g/mol. The predicted molar refractivity (Wildman–Crippen MR) is 113 cm³/mol. The summed E-state index contributed by atoms with van der Waals surface area (Å²) in [6.07, 6.45) is 2.25. The Morgan fingerprint density at radius 3 is 2.72 bits per heavy atom. The fourth-order valence-electron chi connectivity index (χ4n) is 4.45. The Hall–Kier alpha value is -2.73. The largest absolute Gasteiger partial charge is 0.338 e. The van der Waals surface area contributed by atoms with Crippen molar-refractivity contribution < 1.29 is 9.59 Å². The number of rotatable bonds is 4. The number of hydrogen-bond donors (Lipinski definition) is 0. The highest BCUT2D eigenvalue weighted by Gasteiger charge is 2.40. The topological polar surface area (TPSA) is 53.5 Å². The van der Waals surface area contributed by atoms with Gasteiger partial charge in [-0.25, -0.2) is 4.98 Å². The molecule has 0 N–H and O–H groups in total. The fourth-order valence-corrected chi connectivity index (χ4v) is 5.56. The first kappa shape index (κ1) is 18.3. The van der Waals surface area contributed by atoms with Gasteiger partial charge < -0.3 is 9.80 Å². The molecule has 3 aromatic rings. The van der Waals surface area contributed by atoms with Crippen molar-refractivity contribution >= 4 is 33.4 Å². The third kappa shape index (κ3) is 3.53. The zero-order chi connectivity index (χ0) is 19.8. The summed E-state index contributed by atoms with van der Waals surface area (Å²) in [5.41, 5.74) is 2.10. The van der Waals surface area contributed by atoms with Gasteiger partial charge in [0.2, 0.25) is 11.8 Å². The molecule has 2 atom stereocenters. The van der Waals surface area contributed by atoms with Crippen LogP contribution < -0.4 is 0 Å². The Morgan fingerprint density at radius 2 is 1.90 bits per heavy atom. The summed E-state index contributed by atoms with van der Waals surface area (Å²) in [7, 11) is 0. The van der Waals surface area contributed by atoms with Crippen molar-refractivity contribution in [2.24, 2.45) is 5.92 Å². The van der Waals surface area contributed by atoms with Gasteiger partial charge in [0.25, 0.3) is 0 Å². The minimum absolute atomic E-state index is 0.0400. The first-order valence-electron chi connectivity index (χ1n) is 10.2. The monoisotopic (exact) mass is 405 g/mol.